The minimum Gasteiger partial charge on any atom is -0.478 e. The SMILES string of the molecule is Cc1oc(CNC(=O)NCc2cncs2)cc1C(=O)O. The number of carboxylic acid groups (broad SMARTS) is 1. The highest BCUT2D eigenvalue weighted by atomic mass is 32.1. The van der Waals surface area contributed by atoms with Crippen molar-refractivity contribution in [2.75, 3.05) is 0 Å². The maximum Gasteiger partial charge on any atom is 0.339 e. The lowest BCUT2D eigenvalue weighted by Crippen LogP contribution is -2.34. The molecule has 20 heavy (non-hydrogen) atoms. The average molecular weight is 295 g/mol. The second kappa shape index (κ2) is 6.20. The second-order valence-corrected chi connectivity index (χ2v) is 4.96. The number of thiazole rings is 1. The number of nitrogens with zero attached hydrogens (tertiary/aromatic N) is 1. The molecule has 0 saturated heterocycles. The van der Waals surface area contributed by atoms with Gasteiger partial charge in [0.15, 0.2) is 0 Å². The molecular weight excluding hydrogens is 282 g/mol. The van der Waals surface area contributed by atoms with E-state index in [4.69, 9.17) is 9.52 Å². The maximum atomic E-state index is 11.5. The van der Waals surface area contributed by atoms with Crippen LogP contribution in [0.5, 0.6) is 0 Å². The Balaban J connectivity index is 1.81. The van der Waals surface area contributed by atoms with Crippen LogP contribution in [-0.2, 0) is 13.1 Å². The van der Waals surface area contributed by atoms with Gasteiger partial charge in [0.1, 0.15) is 17.1 Å². The summed E-state index contributed by atoms with van der Waals surface area (Å²) in [4.78, 5) is 27.2. The maximum absolute atomic E-state index is 11.5. The highest BCUT2D eigenvalue weighted by Crippen LogP contribution is 2.14. The van der Waals surface area contributed by atoms with Crippen LogP contribution in [0.2, 0.25) is 0 Å². The second-order valence-electron chi connectivity index (χ2n) is 3.99. The predicted molar refractivity (Wildman–Crippen MR) is 71.6 cm³/mol. The molecular formula is C12H13N3O4S. The molecule has 0 aliphatic rings. The van der Waals surface area contributed by atoms with Crippen LogP contribution in [0.3, 0.4) is 0 Å². The third kappa shape index (κ3) is 3.58. The number of carbonyl (C=O) groups is 2. The molecule has 0 fully saturated rings. The molecule has 0 atom stereocenters. The monoisotopic (exact) mass is 295 g/mol. The molecule has 0 aliphatic carbocycles. The fourth-order valence-corrected chi connectivity index (χ4v) is 2.10. The van der Waals surface area contributed by atoms with Crippen LogP contribution in [0, 0.1) is 6.92 Å². The van der Waals surface area contributed by atoms with Crippen molar-refractivity contribution in [3.05, 3.63) is 39.7 Å². The van der Waals surface area contributed by atoms with E-state index in [9.17, 15) is 9.59 Å². The lowest BCUT2D eigenvalue weighted by atomic mass is 10.2. The molecule has 3 N–H and O–H groups in total. The summed E-state index contributed by atoms with van der Waals surface area (Å²) in [6.07, 6.45) is 1.68. The number of carbonyl (C=O) groups excluding carboxylic acids is 1. The van der Waals surface area contributed by atoms with Gasteiger partial charge in [-0.15, -0.1) is 11.3 Å². The molecule has 2 heterocycles. The first-order chi connectivity index (χ1) is 9.56. The summed E-state index contributed by atoms with van der Waals surface area (Å²) < 4.78 is 5.25. The number of urea groups is 1. The van der Waals surface area contributed by atoms with Gasteiger partial charge < -0.3 is 20.2 Å². The number of aryl methyl sites for hydroxylation is 1. The van der Waals surface area contributed by atoms with Gasteiger partial charge in [-0.25, -0.2) is 9.59 Å². The summed E-state index contributed by atoms with van der Waals surface area (Å²) in [5, 5.41) is 14.1. The summed E-state index contributed by atoms with van der Waals surface area (Å²) in [6.45, 7) is 2.09. The third-order valence-electron chi connectivity index (χ3n) is 2.53. The van der Waals surface area contributed by atoms with Crippen molar-refractivity contribution in [3.63, 3.8) is 0 Å². The number of furan rings is 1. The Kier molecular flexibility index (Phi) is 4.36. The van der Waals surface area contributed by atoms with E-state index < -0.39 is 5.97 Å². The lowest BCUT2D eigenvalue weighted by Gasteiger charge is -2.04. The zero-order valence-electron chi connectivity index (χ0n) is 10.7. The van der Waals surface area contributed by atoms with E-state index in [2.05, 4.69) is 15.6 Å². The van der Waals surface area contributed by atoms with Crippen molar-refractivity contribution in [1.29, 1.82) is 0 Å². The van der Waals surface area contributed by atoms with Gasteiger partial charge in [-0.3, -0.25) is 4.98 Å². The fourth-order valence-electron chi connectivity index (χ4n) is 1.57. The van der Waals surface area contributed by atoms with Crippen molar-refractivity contribution in [1.82, 2.24) is 15.6 Å². The highest BCUT2D eigenvalue weighted by Gasteiger charge is 2.13. The van der Waals surface area contributed by atoms with Crippen LogP contribution in [-0.4, -0.2) is 22.1 Å². The van der Waals surface area contributed by atoms with Crippen molar-refractivity contribution in [2.45, 2.75) is 20.0 Å². The largest absolute Gasteiger partial charge is 0.478 e. The van der Waals surface area contributed by atoms with E-state index in [1.165, 1.54) is 17.4 Å². The van der Waals surface area contributed by atoms with Crippen LogP contribution in [0.1, 0.15) is 26.8 Å². The Labute approximate surface area is 118 Å². The molecule has 0 saturated carbocycles. The Morgan fingerprint density at radius 3 is 2.75 bits per heavy atom. The van der Waals surface area contributed by atoms with Crippen LogP contribution < -0.4 is 10.6 Å². The first-order valence-electron chi connectivity index (χ1n) is 5.78. The summed E-state index contributed by atoms with van der Waals surface area (Å²) in [5.74, 6) is -0.334. The number of aromatic carboxylic acids is 1. The predicted octanol–water partition coefficient (Wildman–Crippen LogP) is 1.74. The summed E-state index contributed by atoms with van der Waals surface area (Å²) in [6, 6.07) is 1.05. The van der Waals surface area contributed by atoms with Crippen LogP contribution in [0.4, 0.5) is 4.79 Å². The van der Waals surface area contributed by atoms with Gasteiger partial charge in [0.25, 0.3) is 0 Å². The van der Waals surface area contributed by atoms with Crippen LogP contribution in [0.25, 0.3) is 0 Å². The number of rotatable bonds is 5. The number of aromatic nitrogens is 1. The van der Waals surface area contributed by atoms with Gasteiger partial charge in [-0.2, -0.15) is 0 Å². The topological polar surface area (TPSA) is 104 Å². The smallest absolute Gasteiger partial charge is 0.339 e. The van der Waals surface area contributed by atoms with E-state index in [0.29, 0.717) is 18.1 Å². The molecule has 0 bridgehead atoms. The highest BCUT2D eigenvalue weighted by molar-refractivity contribution is 7.09. The minimum atomic E-state index is -1.05. The first-order valence-corrected chi connectivity index (χ1v) is 6.66. The minimum absolute atomic E-state index is 0.104. The first kappa shape index (κ1) is 14.1. The molecule has 0 radical (unpaired) electrons. The van der Waals surface area contributed by atoms with E-state index in [-0.39, 0.29) is 18.1 Å². The van der Waals surface area contributed by atoms with Gasteiger partial charge in [0, 0.05) is 11.1 Å². The Bertz CT molecular complexity index is 606. The molecule has 0 aromatic carbocycles. The number of carboxylic acids is 1. The van der Waals surface area contributed by atoms with Crippen molar-refractivity contribution in [2.24, 2.45) is 0 Å². The average Bonchev–Trinajstić information content (AvgIpc) is 3.03. The fraction of sp³-hybridized carbons (Fsp3) is 0.250. The summed E-state index contributed by atoms with van der Waals surface area (Å²) in [5.41, 5.74) is 1.79. The summed E-state index contributed by atoms with van der Waals surface area (Å²) in [7, 11) is 0. The number of hydrogen-bond acceptors (Lipinski definition) is 5. The van der Waals surface area contributed by atoms with Gasteiger partial charge in [-0.1, -0.05) is 0 Å². The molecule has 8 heteroatoms. The van der Waals surface area contributed by atoms with Gasteiger partial charge in [0.2, 0.25) is 0 Å². The number of hydrogen-bond donors (Lipinski definition) is 3. The zero-order chi connectivity index (χ0) is 14.5. The molecule has 0 spiro atoms. The Morgan fingerprint density at radius 1 is 1.40 bits per heavy atom. The van der Waals surface area contributed by atoms with Crippen LogP contribution in [0.15, 0.2) is 22.2 Å². The van der Waals surface area contributed by atoms with Crippen LogP contribution >= 0.6 is 11.3 Å². The molecule has 0 unspecified atom stereocenters. The number of amides is 2. The summed E-state index contributed by atoms with van der Waals surface area (Å²) >= 11 is 1.45. The van der Waals surface area contributed by atoms with Crippen molar-refractivity contribution < 1.29 is 19.1 Å². The molecule has 0 aliphatic heterocycles. The molecule has 2 amide bonds. The Morgan fingerprint density at radius 2 is 2.15 bits per heavy atom. The molecule has 106 valence electrons. The molecule has 2 aromatic heterocycles. The van der Waals surface area contributed by atoms with Gasteiger partial charge >= 0.3 is 12.0 Å². The number of nitrogens with one attached hydrogen (secondary N) is 2. The van der Waals surface area contributed by atoms with Crippen molar-refractivity contribution in [3.8, 4) is 0 Å². The van der Waals surface area contributed by atoms with Crippen molar-refractivity contribution >= 4 is 23.3 Å². The molecule has 2 rings (SSSR count). The Hall–Kier alpha value is -2.35. The standard InChI is InChI=1S/C12H13N3O4S/c1-7-10(11(16)17)2-8(19-7)3-14-12(18)15-5-9-4-13-6-20-9/h2,4,6H,3,5H2,1H3,(H,16,17)(H2,14,15,18). The lowest BCUT2D eigenvalue weighted by molar-refractivity contribution is 0.0695. The van der Waals surface area contributed by atoms with E-state index in [1.807, 2.05) is 0 Å². The van der Waals surface area contributed by atoms with Gasteiger partial charge in [0.05, 0.1) is 18.6 Å². The van der Waals surface area contributed by atoms with Gasteiger partial charge in [-0.05, 0) is 13.0 Å². The zero-order valence-corrected chi connectivity index (χ0v) is 11.5. The quantitative estimate of drug-likeness (QED) is 0.779. The van der Waals surface area contributed by atoms with E-state index in [0.717, 1.165) is 4.88 Å². The third-order valence-corrected chi connectivity index (χ3v) is 3.31. The van der Waals surface area contributed by atoms with E-state index in [1.54, 1.807) is 18.6 Å². The normalized spacial score (nSPS) is 10.2. The van der Waals surface area contributed by atoms with E-state index >= 15 is 0 Å². The molecule has 7 nitrogen and oxygen atoms in total. The molecule has 2 aromatic rings.